The Balaban J connectivity index is 2.29. The maximum absolute atomic E-state index is 11.5. The second-order valence-corrected chi connectivity index (χ2v) is 4.49. The first-order chi connectivity index (χ1) is 9.29. The van der Waals surface area contributed by atoms with E-state index in [0.717, 1.165) is 39.4 Å². The van der Waals surface area contributed by atoms with Crippen LogP contribution < -0.4 is 5.73 Å². The summed E-state index contributed by atoms with van der Waals surface area (Å²) in [5.41, 5.74) is 9.08. The van der Waals surface area contributed by atoms with Crippen molar-refractivity contribution in [2.45, 2.75) is 0 Å². The van der Waals surface area contributed by atoms with Gasteiger partial charge in [0.2, 0.25) is 0 Å². The van der Waals surface area contributed by atoms with Gasteiger partial charge in [-0.1, -0.05) is 48.5 Å². The maximum atomic E-state index is 11.5. The molecule has 0 fully saturated rings. The summed E-state index contributed by atoms with van der Waals surface area (Å²) in [5, 5.41) is 2.05. The summed E-state index contributed by atoms with van der Waals surface area (Å²) >= 11 is 0. The van der Waals surface area contributed by atoms with Crippen molar-refractivity contribution in [3.8, 4) is 11.1 Å². The molecule has 92 valence electrons. The Morgan fingerprint density at radius 3 is 2.32 bits per heavy atom. The van der Waals surface area contributed by atoms with E-state index in [4.69, 9.17) is 5.73 Å². The molecule has 0 saturated carbocycles. The molecule has 0 spiro atoms. The Morgan fingerprint density at radius 2 is 1.58 bits per heavy atom. The number of carbonyl (C=O) groups is 1. The van der Waals surface area contributed by atoms with Gasteiger partial charge in [0.1, 0.15) is 0 Å². The molecule has 0 aliphatic rings. The highest BCUT2D eigenvalue weighted by Gasteiger charge is 2.08. The SMILES string of the molecule is Nc1ccc(-c2ccc3ccccc3c2C=O)cc1. The van der Waals surface area contributed by atoms with Crippen LogP contribution in [-0.2, 0) is 0 Å². The molecule has 0 radical (unpaired) electrons. The zero-order valence-corrected chi connectivity index (χ0v) is 10.3. The minimum atomic E-state index is 0.720. The third-order valence-electron chi connectivity index (χ3n) is 3.31. The fraction of sp³-hybridized carbons (Fsp3) is 0. The average molecular weight is 247 g/mol. The van der Waals surface area contributed by atoms with Crippen LogP contribution in [0.4, 0.5) is 5.69 Å². The van der Waals surface area contributed by atoms with Crippen LogP contribution in [0.1, 0.15) is 10.4 Å². The summed E-state index contributed by atoms with van der Waals surface area (Å²) < 4.78 is 0. The highest BCUT2D eigenvalue weighted by molar-refractivity contribution is 6.04. The number of aldehydes is 1. The molecule has 0 saturated heterocycles. The molecule has 2 heteroatoms. The van der Waals surface area contributed by atoms with Gasteiger partial charge in [0.25, 0.3) is 0 Å². The van der Waals surface area contributed by atoms with Gasteiger partial charge in [0.05, 0.1) is 0 Å². The van der Waals surface area contributed by atoms with Crippen molar-refractivity contribution < 1.29 is 4.79 Å². The lowest BCUT2D eigenvalue weighted by atomic mass is 9.95. The van der Waals surface area contributed by atoms with Crippen LogP contribution in [0.15, 0.2) is 60.7 Å². The fourth-order valence-corrected chi connectivity index (χ4v) is 2.34. The molecule has 2 N–H and O–H groups in total. The minimum Gasteiger partial charge on any atom is -0.399 e. The summed E-state index contributed by atoms with van der Waals surface area (Å²) in [6.45, 7) is 0. The Kier molecular flexibility index (Phi) is 2.76. The van der Waals surface area contributed by atoms with Gasteiger partial charge in [-0.2, -0.15) is 0 Å². The largest absolute Gasteiger partial charge is 0.399 e. The molecule has 3 aromatic carbocycles. The fourth-order valence-electron chi connectivity index (χ4n) is 2.34. The van der Waals surface area contributed by atoms with Crippen LogP contribution in [0.2, 0.25) is 0 Å². The monoisotopic (exact) mass is 247 g/mol. The van der Waals surface area contributed by atoms with Crippen molar-refractivity contribution in [1.29, 1.82) is 0 Å². The Bertz CT molecular complexity index is 745. The lowest BCUT2D eigenvalue weighted by Gasteiger charge is -2.09. The van der Waals surface area contributed by atoms with E-state index >= 15 is 0 Å². The zero-order chi connectivity index (χ0) is 13.2. The summed E-state index contributed by atoms with van der Waals surface area (Å²) in [6.07, 6.45) is 0.925. The molecule has 0 unspecified atom stereocenters. The molecule has 2 nitrogen and oxygen atoms in total. The number of hydrogen-bond acceptors (Lipinski definition) is 2. The van der Waals surface area contributed by atoms with Gasteiger partial charge in [-0.3, -0.25) is 4.79 Å². The van der Waals surface area contributed by atoms with Gasteiger partial charge in [-0.25, -0.2) is 0 Å². The third-order valence-corrected chi connectivity index (χ3v) is 3.31. The molecule has 3 aromatic rings. The molecule has 19 heavy (non-hydrogen) atoms. The van der Waals surface area contributed by atoms with Crippen LogP contribution in [0.25, 0.3) is 21.9 Å². The molecule has 0 aliphatic heterocycles. The first kappa shape index (κ1) is 11.5. The van der Waals surface area contributed by atoms with E-state index in [1.165, 1.54) is 0 Å². The second-order valence-electron chi connectivity index (χ2n) is 4.49. The highest BCUT2D eigenvalue weighted by atomic mass is 16.1. The van der Waals surface area contributed by atoms with Crippen LogP contribution in [0.5, 0.6) is 0 Å². The Morgan fingerprint density at radius 1 is 0.842 bits per heavy atom. The third kappa shape index (κ3) is 1.97. The lowest BCUT2D eigenvalue weighted by Crippen LogP contribution is -1.91. The number of anilines is 1. The standard InChI is InChI=1S/C17H13NO/c18-14-8-5-13(6-9-14)16-10-7-12-3-1-2-4-15(12)17(16)11-19/h1-11H,18H2. The van der Waals surface area contributed by atoms with Gasteiger partial charge in [-0.15, -0.1) is 0 Å². The molecular weight excluding hydrogens is 234 g/mol. The van der Waals surface area contributed by atoms with E-state index in [-0.39, 0.29) is 0 Å². The first-order valence-electron chi connectivity index (χ1n) is 6.12. The summed E-state index contributed by atoms with van der Waals surface area (Å²) in [5.74, 6) is 0. The van der Waals surface area contributed by atoms with Crippen molar-refractivity contribution in [1.82, 2.24) is 0 Å². The van der Waals surface area contributed by atoms with Crippen LogP contribution in [0.3, 0.4) is 0 Å². The molecule has 0 atom stereocenters. The average Bonchev–Trinajstić information content (AvgIpc) is 2.47. The number of nitrogens with two attached hydrogens (primary N) is 1. The number of carbonyl (C=O) groups excluding carboxylic acids is 1. The quantitative estimate of drug-likeness (QED) is 0.551. The van der Waals surface area contributed by atoms with Crippen molar-refractivity contribution in [2.75, 3.05) is 5.73 Å². The van der Waals surface area contributed by atoms with Gasteiger partial charge >= 0.3 is 0 Å². The van der Waals surface area contributed by atoms with E-state index in [2.05, 4.69) is 0 Å². The number of fused-ring (bicyclic) bond motifs is 1. The number of benzene rings is 3. The van der Waals surface area contributed by atoms with Gasteiger partial charge in [-0.05, 0) is 34.0 Å². The summed E-state index contributed by atoms with van der Waals surface area (Å²) in [4.78, 5) is 11.5. The molecule has 0 amide bonds. The Labute approximate surface area is 111 Å². The molecule has 0 heterocycles. The predicted molar refractivity (Wildman–Crippen MR) is 79.2 cm³/mol. The van der Waals surface area contributed by atoms with Gasteiger partial charge < -0.3 is 5.73 Å². The van der Waals surface area contributed by atoms with Crippen molar-refractivity contribution >= 4 is 22.7 Å². The van der Waals surface area contributed by atoms with Gasteiger partial charge in [0, 0.05) is 11.3 Å². The smallest absolute Gasteiger partial charge is 0.151 e. The summed E-state index contributed by atoms with van der Waals surface area (Å²) in [6, 6.07) is 19.5. The van der Waals surface area contributed by atoms with Gasteiger partial charge in [0.15, 0.2) is 6.29 Å². The maximum Gasteiger partial charge on any atom is 0.151 e. The van der Waals surface area contributed by atoms with E-state index in [0.29, 0.717) is 0 Å². The summed E-state index contributed by atoms with van der Waals surface area (Å²) in [7, 11) is 0. The number of rotatable bonds is 2. The topological polar surface area (TPSA) is 43.1 Å². The number of hydrogen-bond donors (Lipinski definition) is 1. The van der Waals surface area contributed by atoms with E-state index in [1.807, 2.05) is 60.7 Å². The minimum absolute atomic E-state index is 0.720. The van der Waals surface area contributed by atoms with Crippen LogP contribution >= 0.6 is 0 Å². The van der Waals surface area contributed by atoms with Crippen molar-refractivity contribution in [2.24, 2.45) is 0 Å². The number of nitrogen functional groups attached to an aromatic ring is 1. The predicted octanol–water partition coefficient (Wildman–Crippen LogP) is 3.90. The molecule has 3 rings (SSSR count). The lowest BCUT2D eigenvalue weighted by molar-refractivity contribution is 0.112. The highest BCUT2D eigenvalue weighted by Crippen LogP contribution is 2.29. The van der Waals surface area contributed by atoms with E-state index in [1.54, 1.807) is 0 Å². The van der Waals surface area contributed by atoms with Crippen molar-refractivity contribution in [3.63, 3.8) is 0 Å². The van der Waals surface area contributed by atoms with E-state index in [9.17, 15) is 4.79 Å². The first-order valence-corrected chi connectivity index (χ1v) is 6.12. The van der Waals surface area contributed by atoms with Crippen LogP contribution in [-0.4, -0.2) is 6.29 Å². The Hall–Kier alpha value is -2.61. The zero-order valence-electron chi connectivity index (χ0n) is 10.3. The molecule has 0 aliphatic carbocycles. The second kappa shape index (κ2) is 4.58. The van der Waals surface area contributed by atoms with Crippen LogP contribution in [0, 0.1) is 0 Å². The molecular formula is C17H13NO. The van der Waals surface area contributed by atoms with E-state index < -0.39 is 0 Å². The van der Waals surface area contributed by atoms with Crippen molar-refractivity contribution in [3.05, 3.63) is 66.2 Å². The molecule has 0 bridgehead atoms. The normalized spacial score (nSPS) is 10.5. The molecule has 0 aromatic heterocycles.